The molecule has 1 heterocycles. The van der Waals surface area contributed by atoms with Crippen LogP contribution in [0.25, 0.3) is 0 Å². The van der Waals surface area contributed by atoms with Crippen molar-refractivity contribution < 1.29 is 27.4 Å². The van der Waals surface area contributed by atoms with Crippen LogP contribution in [-0.4, -0.2) is 25.0 Å². The fourth-order valence-corrected chi connectivity index (χ4v) is 2.55. The average molecular weight is 417 g/mol. The lowest BCUT2D eigenvalue weighted by Crippen LogP contribution is -2.13. The fraction of sp³-hybridized carbons (Fsp3) is 0.143. The summed E-state index contributed by atoms with van der Waals surface area (Å²) in [4.78, 5) is 16.3. The highest BCUT2D eigenvalue weighted by Gasteiger charge is 2.30. The summed E-state index contributed by atoms with van der Waals surface area (Å²) < 4.78 is 48.8. The Kier molecular flexibility index (Phi) is 6.10. The molecule has 9 heteroatoms. The number of anilines is 2. The van der Waals surface area contributed by atoms with Crippen LogP contribution in [0.15, 0.2) is 60.8 Å². The zero-order valence-electron chi connectivity index (χ0n) is 16.1. The maximum atomic E-state index is 12.6. The lowest BCUT2D eigenvalue weighted by Gasteiger charge is -2.12. The molecule has 0 bridgehead atoms. The molecule has 0 aliphatic heterocycles. The SMILES string of the molecule is CNc1ccc(Oc2ccc(NC(=O)c3ccc(C(F)(F)F)cc3)cn2)c(OC)c1. The summed E-state index contributed by atoms with van der Waals surface area (Å²) in [6.07, 6.45) is -3.07. The van der Waals surface area contributed by atoms with Gasteiger partial charge in [0.2, 0.25) is 5.88 Å². The van der Waals surface area contributed by atoms with Crippen molar-refractivity contribution in [2.24, 2.45) is 0 Å². The standard InChI is InChI=1S/C21H18F3N3O3/c1-25-15-7-9-17(18(11-15)29-2)30-19-10-8-16(12-26-19)27-20(28)13-3-5-14(6-4-13)21(22,23)24/h3-12,25H,1-2H3,(H,27,28). The number of pyridine rings is 1. The zero-order valence-corrected chi connectivity index (χ0v) is 16.1. The average Bonchev–Trinajstić information content (AvgIpc) is 2.74. The number of hydrogen-bond acceptors (Lipinski definition) is 5. The minimum absolute atomic E-state index is 0.0951. The number of alkyl halides is 3. The second kappa shape index (κ2) is 8.73. The number of nitrogens with zero attached hydrogens (tertiary/aromatic N) is 1. The van der Waals surface area contributed by atoms with E-state index >= 15 is 0 Å². The van der Waals surface area contributed by atoms with E-state index in [-0.39, 0.29) is 11.4 Å². The van der Waals surface area contributed by atoms with Gasteiger partial charge in [0, 0.05) is 30.4 Å². The van der Waals surface area contributed by atoms with Gasteiger partial charge in [0.1, 0.15) is 0 Å². The van der Waals surface area contributed by atoms with Crippen molar-refractivity contribution in [3.63, 3.8) is 0 Å². The smallest absolute Gasteiger partial charge is 0.416 e. The van der Waals surface area contributed by atoms with Gasteiger partial charge in [-0.1, -0.05) is 0 Å². The highest BCUT2D eigenvalue weighted by Crippen LogP contribution is 2.33. The molecule has 2 aromatic carbocycles. The number of benzene rings is 2. The third-order valence-corrected chi connectivity index (χ3v) is 4.14. The largest absolute Gasteiger partial charge is 0.493 e. The molecule has 0 unspecified atom stereocenters. The molecule has 0 saturated heterocycles. The molecule has 0 saturated carbocycles. The molecule has 1 amide bonds. The number of amides is 1. The van der Waals surface area contributed by atoms with Crippen LogP contribution in [0.2, 0.25) is 0 Å². The van der Waals surface area contributed by atoms with Crippen molar-refractivity contribution >= 4 is 17.3 Å². The van der Waals surface area contributed by atoms with Gasteiger partial charge in [-0.05, 0) is 42.5 Å². The Hall–Kier alpha value is -3.75. The Morgan fingerprint density at radius 2 is 1.67 bits per heavy atom. The van der Waals surface area contributed by atoms with E-state index < -0.39 is 17.6 Å². The Morgan fingerprint density at radius 3 is 2.23 bits per heavy atom. The first-order chi connectivity index (χ1) is 14.3. The van der Waals surface area contributed by atoms with Gasteiger partial charge in [0.05, 0.1) is 24.6 Å². The van der Waals surface area contributed by atoms with Gasteiger partial charge in [-0.2, -0.15) is 13.2 Å². The number of hydrogen-bond donors (Lipinski definition) is 2. The summed E-state index contributed by atoms with van der Waals surface area (Å²) in [7, 11) is 3.31. The predicted molar refractivity (Wildman–Crippen MR) is 106 cm³/mol. The van der Waals surface area contributed by atoms with E-state index in [2.05, 4.69) is 15.6 Å². The molecule has 0 fully saturated rings. The Labute approximate surface area is 170 Å². The number of aromatic nitrogens is 1. The van der Waals surface area contributed by atoms with Crippen molar-refractivity contribution in [1.29, 1.82) is 0 Å². The summed E-state index contributed by atoms with van der Waals surface area (Å²) in [5.74, 6) is 0.704. The van der Waals surface area contributed by atoms with Crippen molar-refractivity contribution in [3.8, 4) is 17.4 Å². The number of halogens is 3. The van der Waals surface area contributed by atoms with Crippen LogP contribution >= 0.6 is 0 Å². The molecule has 1 aromatic heterocycles. The molecule has 6 nitrogen and oxygen atoms in total. The van der Waals surface area contributed by atoms with Crippen LogP contribution in [-0.2, 0) is 6.18 Å². The summed E-state index contributed by atoms with van der Waals surface area (Å²) >= 11 is 0. The molecule has 0 aliphatic carbocycles. The van der Waals surface area contributed by atoms with Gasteiger partial charge in [0.25, 0.3) is 5.91 Å². The maximum Gasteiger partial charge on any atom is 0.416 e. The second-order valence-corrected chi connectivity index (χ2v) is 6.13. The third-order valence-electron chi connectivity index (χ3n) is 4.14. The van der Waals surface area contributed by atoms with Crippen molar-refractivity contribution in [2.75, 3.05) is 24.8 Å². The molecule has 0 atom stereocenters. The second-order valence-electron chi connectivity index (χ2n) is 6.13. The van der Waals surface area contributed by atoms with Crippen LogP contribution in [0, 0.1) is 0 Å². The lowest BCUT2D eigenvalue weighted by molar-refractivity contribution is -0.137. The van der Waals surface area contributed by atoms with E-state index in [0.717, 1.165) is 30.0 Å². The van der Waals surface area contributed by atoms with Crippen LogP contribution in [0.3, 0.4) is 0 Å². The number of nitrogens with one attached hydrogen (secondary N) is 2. The first-order valence-electron chi connectivity index (χ1n) is 8.78. The minimum atomic E-state index is -4.45. The summed E-state index contributed by atoms with van der Waals surface area (Å²) in [5, 5.41) is 5.57. The topological polar surface area (TPSA) is 72.5 Å². The molecular formula is C21H18F3N3O3. The highest BCUT2D eigenvalue weighted by molar-refractivity contribution is 6.04. The van der Waals surface area contributed by atoms with Gasteiger partial charge in [-0.15, -0.1) is 0 Å². The van der Waals surface area contributed by atoms with Gasteiger partial charge in [-0.3, -0.25) is 4.79 Å². The fourth-order valence-electron chi connectivity index (χ4n) is 2.55. The van der Waals surface area contributed by atoms with Gasteiger partial charge in [0.15, 0.2) is 11.5 Å². The molecule has 2 N–H and O–H groups in total. The number of rotatable bonds is 6. The molecule has 3 aromatic rings. The Bertz CT molecular complexity index is 1020. The van der Waals surface area contributed by atoms with Crippen molar-refractivity contribution in [1.82, 2.24) is 4.98 Å². The van der Waals surface area contributed by atoms with Crippen LogP contribution in [0.5, 0.6) is 17.4 Å². The normalized spacial score (nSPS) is 11.0. The highest BCUT2D eigenvalue weighted by atomic mass is 19.4. The summed E-state index contributed by atoms with van der Waals surface area (Å²) in [6.45, 7) is 0. The third kappa shape index (κ3) is 4.99. The van der Waals surface area contributed by atoms with E-state index in [1.807, 2.05) is 6.07 Å². The van der Waals surface area contributed by atoms with Gasteiger partial charge >= 0.3 is 6.18 Å². The van der Waals surface area contributed by atoms with E-state index in [4.69, 9.17) is 9.47 Å². The molecular weight excluding hydrogens is 399 g/mol. The summed E-state index contributed by atoms with van der Waals surface area (Å²) in [5.41, 5.74) is 0.497. The predicted octanol–water partition coefficient (Wildman–Crippen LogP) is 5.20. The van der Waals surface area contributed by atoms with E-state index in [1.54, 1.807) is 31.3 Å². The molecule has 0 aliphatic rings. The Morgan fingerprint density at radius 1 is 0.967 bits per heavy atom. The first kappa shape index (κ1) is 21.0. The number of carbonyl (C=O) groups is 1. The van der Waals surface area contributed by atoms with Crippen molar-refractivity contribution in [2.45, 2.75) is 6.18 Å². The first-order valence-corrected chi connectivity index (χ1v) is 8.78. The number of ether oxygens (including phenoxy) is 2. The van der Waals surface area contributed by atoms with Gasteiger partial charge in [-0.25, -0.2) is 4.98 Å². The summed E-state index contributed by atoms with van der Waals surface area (Å²) in [6, 6.07) is 12.4. The molecule has 30 heavy (non-hydrogen) atoms. The number of carbonyl (C=O) groups excluding carboxylic acids is 1. The molecule has 0 spiro atoms. The molecule has 0 radical (unpaired) electrons. The quantitative estimate of drug-likeness (QED) is 0.577. The van der Waals surface area contributed by atoms with Crippen LogP contribution < -0.4 is 20.1 Å². The van der Waals surface area contributed by atoms with Gasteiger partial charge < -0.3 is 20.1 Å². The van der Waals surface area contributed by atoms with E-state index in [1.165, 1.54) is 13.3 Å². The van der Waals surface area contributed by atoms with Crippen molar-refractivity contribution in [3.05, 3.63) is 71.9 Å². The maximum absolute atomic E-state index is 12.6. The number of methoxy groups -OCH3 is 1. The molecule has 3 rings (SSSR count). The molecule has 156 valence electrons. The zero-order chi connectivity index (χ0) is 21.7. The van der Waals surface area contributed by atoms with E-state index in [9.17, 15) is 18.0 Å². The monoisotopic (exact) mass is 417 g/mol. The Balaban J connectivity index is 1.67. The van der Waals surface area contributed by atoms with E-state index in [0.29, 0.717) is 17.2 Å². The minimum Gasteiger partial charge on any atom is -0.493 e. The van der Waals surface area contributed by atoms with Crippen LogP contribution in [0.1, 0.15) is 15.9 Å². The van der Waals surface area contributed by atoms with Crippen LogP contribution in [0.4, 0.5) is 24.5 Å². The lowest BCUT2D eigenvalue weighted by atomic mass is 10.1.